The zero-order valence-corrected chi connectivity index (χ0v) is 15.4. The summed E-state index contributed by atoms with van der Waals surface area (Å²) < 4.78 is 5.55. The SMILES string of the molecule is CCOC(=O)c1nn(Cc2ccccc2Cl)c(=O)c(C(=O)NCC(=O)O)c1O. The molecular formula is C17H16ClN3O7. The number of rotatable bonds is 7. The van der Waals surface area contributed by atoms with Crippen molar-refractivity contribution in [3.05, 3.63) is 56.5 Å². The van der Waals surface area contributed by atoms with Crippen LogP contribution in [0.4, 0.5) is 0 Å². The maximum atomic E-state index is 12.7. The van der Waals surface area contributed by atoms with Gasteiger partial charge in [0.15, 0.2) is 11.3 Å². The fourth-order valence-electron chi connectivity index (χ4n) is 2.24. The second-order valence-corrected chi connectivity index (χ2v) is 5.83. The van der Waals surface area contributed by atoms with E-state index in [-0.39, 0.29) is 13.2 Å². The number of aromatic hydroxyl groups is 1. The number of ether oxygens (including phenoxy) is 1. The number of nitrogens with zero attached hydrogens (tertiary/aromatic N) is 2. The first kappa shape index (κ1) is 20.9. The van der Waals surface area contributed by atoms with Crippen LogP contribution in [0.2, 0.25) is 5.02 Å². The summed E-state index contributed by atoms with van der Waals surface area (Å²) >= 11 is 6.07. The lowest BCUT2D eigenvalue weighted by Crippen LogP contribution is -2.38. The van der Waals surface area contributed by atoms with Gasteiger partial charge in [0.2, 0.25) is 5.69 Å². The standard InChI is InChI=1S/C17H16ClN3O7/c1-2-28-17(27)13-14(24)12(15(25)19-7-11(22)23)16(26)21(20-13)8-9-5-3-4-6-10(9)18/h3-6,24H,2,7-8H2,1H3,(H,19,25)(H,22,23). The molecule has 1 aromatic heterocycles. The topological polar surface area (TPSA) is 148 Å². The van der Waals surface area contributed by atoms with Gasteiger partial charge < -0.3 is 20.3 Å². The highest BCUT2D eigenvalue weighted by Gasteiger charge is 2.27. The first-order valence-corrected chi connectivity index (χ1v) is 8.38. The summed E-state index contributed by atoms with van der Waals surface area (Å²) in [6, 6.07) is 6.53. The number of carboxylic acids is 1. The monoisotopic (exact) mass is 409 g/mol. The van der Waals surface area contributed by atoms with Crippen LogP contribution in [0.1, 0.15) is 33.3 Å². The van der Waals surface area contributed by atoms with Gasteiger partial charge in [-0.3, -0.25) is 14.4 Å². The lowest BCUT2D eigenvalue weighted by molar-refractivity contribution is -0.135. The fraction of sp³-hybridized carbons (Fsp3) is 0.235. The molecule has 0 saturated heterocycles. The van der Waals surface area contributed by atoms with Crippen molar-refractivity contribution in [3.63, 3.8) is 0 Å². The molecule has 28 heavy (non-hydrogen) atoms. The predicted molar refractivity (Wildman–Crippen MR) is 96.6 cm³/mol. The van der Waals surface area contributed by atoms with Gasteiger partial charge in [-0.1, -0.05) is 29.8 Å². The lowest BCUT2D eigenvalue weighted by atomic mass is 10.2. The van der Waals surface area contributed by atoms with E-state index >= 15 is 0 Å². The van der Waals surface area contributed by atoms with E-state index in [1.807, 2.05) is 5.32 Å². The van der Waals surface area contributed by atoms with Gasteiger partial charge in [-0.2, -0.15) is 5.10 Å². The zero-order valence-electron chi connectivity index (χ0n) is 14.6. The first-order valence-electron chi connectivity index (χ1n) is 8.00. The number of amides is 1. The molecule has 148 valence electrons. The molecule has 3 N–H and O–H groups in total. The summed E-state index contributed by atoms with van der Waals surface area (Å²) in [7, 11) is 0. The molecule has 0 spiro atoms. The highest BCUT2D eigenvalue weighted by Crippen LogP contribution is 2.20. The Balaban J connectivity index is 2.59. The summed E-state index contributed by atoms with van der Waals surface area (Å²) in [6.45, 7) is 0.489. The third-order valence-corrected chi connectivity index (χ3v) is 3.87. The summed E-state index contributed by atoms with van der Waals surface area (Å²) in [5, 5.41) is 25.0. The maximum absolute atomic E-state index is 12.7. The zero-order chi connectivity index (χ0) is 20.8. The van der Waals surface area contributed by atoms with E-state index < -0.39 is 47.0 Å². The van der Waals surface area contributed by atoms with Gasteiger partial charge in [-0.15, -0.1) is 0 Å². The van der Waals surface area contributed by atoms with Crippen molar-refractivity contribution in [1.82, 2.24) is 15.1 Å². The summed E-state index contributed by atoms with van der Waals surface area (Å²) in [4.78, 5) is 47.6. The molecule has 0 radical (unpaired) electrons. The molecule has 0 bridgehead atoms. The third-order valence-electron chi connectivity index (χ3n) is 3.50. The minimum atomic E-state index is -1.36. The Morgan fingerprint density at radius 3 is 2.57 bits per heavy atom. The highest BCUT2D eigenvalue weighted by molar-refractivity contribution is 6.31. The molecule has 2 rings (SSSR count). The quantitative estimate of drug-likeness (QED) is 0.564. The van der Waals surface area contributed by atoms with Crippen LogP contribution in [-0.4, -0.2) is 51.0 Å². The van der Waals surface area contributed by atoms with Crippen molar-refractivity contribution in [2.75, 3.05) is 13.2 Å². The van der Waals surface area contributed by atoms with Crippen LogP contribution in [0.5, 0.6) is 5.75 Å². The van der Waals surface area contributed by atoms with Gasteiger partial charge >= 0.3 is 11.9 Å². The van der Waals surface area contributed by atoms with Gasteiger partial charge in [0.1, 0.15) is 6.54 Å². The number of carboxylic acid groups (broad SMARTS) is 1. The molecule has 1 amide bonds. The van der Waals surface area contributed by atoms with E-state index in [9.17, 15) is 24.3 Å². The number of hydrogen-bond donors (Lipinski definition) is 3. The van der Waals surface area contributed by atoms with E-state index in [2.05, 4.69) is 5.10 Å². The largest absolute Gasteiger partial charge is 0.504 e. The van der Waals surface area contributed by atoms with Crippen LogP contribution in [0, 0.1) is 0 Å². The summed E-state index contributed by atoms with van der Waals surface area (Å²) in [5.41, 5.74) is -2.05. The number of carbonyl (C=O) groups is 3. The molecule has 1 aromatic carbocycles. The van der Waals surface area contributed by atoms with Crippen LogP contribution in [0.3, 0.4) is 0 Å². The van der Waals surface area contributed by atoms with E-state index in [1.54, 1.807) is 24.3 Å². The summed E-state index contributed by atoms with van der Waals surface area (Å²) in [5.74, 6) is -4.59. The van der Waals surface area contributed by atoms with Gasteiger partial charge in [-0.25, -0.2) is 9.48 Å². The minimum absolute atomic E-state index is 0.0376. The molecule has 0 aliphatic heterocycles. The fourth-order valence-corrected chi connectivity index (χ4v) is 2.44. The van der Waals surface area contributed by atoms with E-state index in [1.165, 1.54) is 6.92 Å². The Hall–Kier alpha value is -3.40. The van der Waals surface area contributed by atoms with Crippen LogP contribution in [0.25, 0.3) is 0 Å². The Morgan fingerprint density at radius 1 is 1.29 bits per heavy atom. The second kappa shape index (κ2) is 9.00. The molecule has 0 aliphatic carbocycles. The molecule has 10 nitrogen and oxygen atoms in total. The Morgan fingerprint density at radius 2 is 1.96 bits per heavy atom. The molecule has 0 fully saturated rings. The predicted octanol–water partition coefficient (Wildman–Crippen LogP) is 0.642. The molecule has 0 unspecified atom stereocenters. The van der Waals surface area contributed by atoms with E-state index in [0.29, 0.717) is 10.6 Å². The Labute approximate surface area is 163 Å². The maximum Gasteiger partial charge on any atom is 0.362 e. The van der Waals surface area contributed by atoms with Gasteiger partial charge in [-0.05, 0) is 18.6 Å². The van der Waals surface area contributed by atoms with E-state index in [0.717, 1.165) is 4.68 Å². The molecule has 0 saturated carbocycles. The molecule has 1 heterocycles. The number of hydrogen-bond acceptors (Lipinski definition) is 7. The average Bonchev–Trinajstić information content (AvgIpc) is 2.64. The minimum Gasteiger partial charge on any atom is -0.504 e. The lowest BCUT2D eigenvalue weighted by Gasteiger charge is -2.13. The number of nitrogens with one attached hydrogen (secondary N) is 1. The number of benzene rings is 1. The van der Waals surface area contributed by atoms with Gasteiger partial charge in [0, 0.05) is 5.02 Å². The second-order valence-electron chi connectivity index (χ2n) is 5.42. The molecule has 0 atom stereocenters. The molecular weight excluding hydrogens is 394 g/mol. The van der Waals surface area contributed by atoms with Crippen molar-refractivity contribution < 1.29 is 29.3 Å². The molecule has 11 heteroatoms. The third kappa shape index (κ3) is 4.65. The number of aromatic nitrogens is 2. The smallest absolute Gasteiger partial charge is 0.362 e. The van der Waals surface area contributed by atoms with Crippen LogP contribution >= 0.6 is 11.6 Å². The molecule has 2 aromatic rings. The number of halogens is 1. The number of aliphatic carboxylic acids is 1. The van der Waals surface area contributed by atoms with Crippen molar-refractivity contribution in [3.8, 4) is 5.75 Å². The Bertz CT molecular complexity index is 987. The normalized spacial score (nSPS) is 10.4. The molecule has 0 aliphatic rings. The number of esters is 1. The summed E-state index contributed by atoms with van der Waals surface area (Å²) in [6.07, 6.45) is 0. The van der Waals surface area contributed by atoms with Crippen LogP contribution < -0.4 is 10.9 Å². The Kier molecular flexibility index (Phi) is 6.72. The van der Waals surface area contributed by atoms with Crippen molar-refractivity contribution in [1.29, 1.82) is 0 Å². The van der Waals surface area contributed by atoms with Gasteiger partial charge in [0.25, 0.3) is 11.5 Å². The van der Waals surface area contributed by atoms with Crippen LogP contribution in [-0.2, 0) is 16.1 Å². The first-order chi connectivity index (χ1) is 13.3. The highest BCUT2D eigenvalue weighted by atomic mass is 35.5. The van der Waals surface area contributed by atoms with Crippen molar-refractivity contribution in [2.24, 2.45) is 0 Å². The van der Waals surface area contributed by atoms with Crippen molar-refractivity contribution >= 4 is 29.4 Å². The average molecular weight is 410 g/mol. The number of carbonyl (C=O) groups excluding carboxylic acids is 2. The van der Waals surface area contributed by atoms with Crippen molar-refractivity contribution in [2.45, 2.75) is 13.5 Å². The van der Waals surface area contributed by atoms with E-state index in [4.69, 9.17) is 21.4 Å². The van der Waals surface area contributed by atoms with Crippen LogP contribution in [0.15, 0.2) is 29.1 Å². The van der Waals surface area contributed by atoms with Gasteiger partial charge in [0.05, 0.1) is 13.2 Å².